The summed E-state index contributed by atoms with van der Waals surface area (Å²) in [6, 6.07) is 0.271. The lowest BCUT2D eigenvalue weighted by Crippen LogP contribution is -2.40. The first kappa shape index (κ1) is 33.9. The molecule has 1 aliphatic heterocycles. The molecular formula is C33H43F2N3O7. The highest BCUT2D eigenvalue weighted by Gasteiger charge is 2.37. The van der Waals surface area contributed by atoms with Gasteiger partial charge in [0, 0.05) is 36.4 Å². The van der Waals surface area contributed by atoms with Gasteiger partial charge in [0.1, 0.15) is 16.8 Å². The number of amides is 2. The molecule has 0 spiro atoms. The zero-order valence-electron chi connectivity index (χ0n) is 27.0. The molecule has 1 saturated heterocycles. The normalized spacial score (nSPS) is 18.9. The van der Waals surface area contributed by atoms with E-state index in [9.17, 15) is 28.7 Å². The van der Waals surface area contributed by atoms with Crippen molar-refractivity contribution in [3.8, 4) is 0 Å². The molecule has 2 atom stereocenters. The molecule has 2 fully saturated rings. The van der Waals surface area contributed by atoms with E-state index in [1.807, 2.05) is 0 Å². The molecule has 1 aliphatic carbocycles. The number of aromatic carboxylic acids is 1. The van der Waals surface area contributed by atoms with Gasteiger partial charge in [0.25, 0.3) is 0 Å². The molecule has 4 rings (SSSR count). The summed E-state index contributed by atoms with van der Waals surface area (Å²) in [5.41, 5.74) is -2.40. The maximum Gasteiger partial charge on any atom is 0.410 e. The van der Waals surface area contributed by atoms with Crippen molar-refractivity contribution in [1.82, 2.24) is 14.8 Å². The standard InChI is InChI=1S/C33H43F2N3O7/c1-8-24-25(29(40)41)28(39)22-15-23(34)26(35)21(27(22)38(24)19-12-13-19)11-9-10-20-14-18(16-36-30(42)44-32(2,3)4)17-37(20)31(43)45-33(5,6)7/h9,11,15,18-20H,8,10,12-14,16-17H2,1-7H3,(H,36,42)(H,40,41)/t18-,20?/m0/s1. The minimum atomic E-state index is -1.41. The monoisotopic (exact) mass is 631 g/mol. The number of carboxylic acid groups (broad SMARTS) is 1. The van der Waals surface area contributed by atoms with Gasteiger partial charge in [-0.25, -0.2) is 23.2 Å². The Bertz CT molecular complexity index is 1580. The quantitative estimate of drug-likeness (QED) is 0.344. The Morgan fingerprint density at radius 2 is 1.73 bits per heavy atom. The van der Waals surface area contributed by atoms with E-state index in [4.69, 9.17) is 9.47 Å². The molecule has 2 heterocycles. The number of rotatable bonds is 8. The molecule has 10 nitrogen and oxygen atoms in total. The van der Waals surface area contributed by atoms with E-state index in [1.54, 1.807) is 64.0 Å². The van der Waals surface area contributed by atoms with Gasteiger partial charge in [-0.15, -0.1) is 0 Å². The first-order chi connectivity index (χ1) is 20.9. The first-order valence-corrected chi connectivity index (χ1v) is 15.4. The summed E-state index contributed by atoms with van der Waals surface area (Å²) in [5, 5.41) is 12.4. The number of aromatic nitrogens is 1. The zero-order valence-corrected chi connectivity index (χ0v) is 27.0. The van der Waals surface area contributed by atoms with Crippen LogP contribution in [0, 0.1) is 17.6 Å². The predicted molar refractivity (Wildman–Crippen MR) is 165 cm³/mol. The number of carbonyl (C=O) groups is 3. The number of ether oxygens (including phenoxy) is 2. The molecule has 2 aliphatic rings. The number of hydrogen-bond donors (Lipinski definition) is 2. The van der Waals surface area contributed by atoms with Crippen molar-refractivity contribution in [3.05, 3.63) is 50.8 Å². The maximum atomic E-state index is 15.5. The average molecular weight is 632 g/mol. The van der Waals surface area contributed by atoms with Crippen LogP contribution < -0.4 is 10.7 Å². The Hall–Kier alpha value is -3.96. The van der Waals surface area contributed by atoms with Gasteiger partial charge in [0.15, 0.2) is 11.6 Å². The molecular weight excluding hydrogens is 588 g/mol. The van der Waals surface area contributed by atoms with Gasteiger partial charge >= 0.3 is 18.2 Å². The van der Waals surface area contributed by atoms with E-state index in [-0.39, 0.29) is 59.5 Å². The molecule has 45 heavy (non-hydrogen) atoms. The van der Waals surface area contributed by atoms with E-state index < -0.39 is 52.0 Å². The number of alkyl carbamates (subject to hydrolysis) is 1. The molecule has 0 bridgehead atoms. The second-order valence-corrected chi connectivity index (χ2v) is 13.8. The number of nitrogens with zero attached hydrogens (tertiary/aromatic N) is 2. The highest BCUT2D eigenvalue weighted by atomic mass is 19.2. The van der Waals surface area contributed by atoms with Gasteiger partial charge < -0.3 is 29.4 Å². The lowest BCUT2D eigenvalue weighted by molar-refractivity contribution is 0.0223. The van der Waals surface area contributed by atoms with Crippen LogP contribution in [0.1, 0.15) is 102 Å². The smallest absolute Gasteiger partial charge is 0.410 e. The van der Waals surface area contributed by atoms with Crippen LogP contribution in [0.25, 0.3) is 17.0 Å². The number of carboxylic acids is 1. The van der Waals surface area contributed by atoms with Gasteiger partial charge in [-0.05, 0) is 85.6 Å². The second kappa shape index (κ2) is 12.8. The van der Waals surface area contributed by atoms with Crippen LogP contribution in [0.3, 0.4) is 0 Å². The Kier molecular flexibility index (Phi) is 9.65. The van der Waals surface area contributed by atoms with E-state index >= 15 is 4.39 Å². The zero-order chi connectivity index (χ0) is 33.4. The lowest BCUT2D eigenvalue weighted by Gasteiger charge is -2.28. The van der Waals surface area contributed by atoms with Crippen LogP contribution in [0.4, 0.5) is 18.4 Å². The molecule has 0 radical (unpaired) electrons. The summed E-state index contributed by atoms with van der Waals surface area (Å²) in [6.45, 7) is 12.8. The minimum Gasteiger partial charge on any atom is -0.477 e. The number of halogens is 2. The van der Waals surface area contributed by atoms with Gasteiger partial charge in [-0.3, -0.25) is 4.79 Å². The largest absolute Gasteiger partial charge is 0.477 e. The Morgan fingerprint density at radius 1 is 1.09 bits per heavy atom. The maximum absolute atomic E-state index is 15.5. The number of carbonyl (C=O) groups excluding carboxylic acids is 2. The summed E-state index contributed by atoms with van der Waals surface area (Å²) in [6.07, 6.45) is 4.34. The van der Waals surface area contributed by atoms with Crippen molar-refractivity contribution in [1.29, 1.82) is 0 Å². The van der Waals surface area contributed by atoms with E-state index in [2.05, 4.69) is 5.32 Å². The first-order valence-electron chi connectivity index (χ1n) is 15.4. The SMILES string of the molecule is CCc1c(C(=O)O)c(=O)c2cc(F)c(F)c(C=CCC3C[C@@H](CNC(=O)OC(C)(C)C)CN3C(=O)OC(C)(C)C)c2n1C1CC1. The number of nitrogens with one attached hydrogen (secondary N) is 1. The summed E-state index contributed by atoms with van der Waals surface area (Å²) >= 11 is 0. The number of hydrogen-bond acceptors (Lipinski definition) is 6. The fraction of sp³-hybridized carbons (Fsp3) is 0.576. The third-order valence-corrected chi connectivity index (χ3v) is 7.74. The molecule has 1 aromatic heterocycles. The highest BCUT2D eigenvalue weighted by molar-refractivity contribution is 5.97. The summed E-state index contributed by atoms with van der Waals surface area (Å²) in [5.74, 6) is -3.93. The van der Waals surface area contributed by atoms with Crippen LogP contribution in [-0.4, -0.2) is 63.1 Å². The van der Waals surface area contributed by atoms with Gasteiger partial charge in [0.2, 0.25) is 5.43 Å². The Balaban J connectivity index is 1.68. The molecule has 2 aromatic rings. The second-order valence-electron chi connectivity index (χ2n) is 13.8. The highest BCUT2D eigenvalue weighted by Crippen LogP contribution is 2.41. The average Bonchev–Trinajstić information content (AvgIpc) is 3.66. The molecule has 1 unspecified atom stereocenters. The topological polar surface area (TPSA) is 127 Å². The number of benzene rings is 1. The molecule has 2 amide bonds. The van der Waals surface area contributed by atoms with Crippen LogP contribution in [-0.2, 0) is 15.9 Å². The number of fused-ring (bicyclic) bond motifs is 1. The third-order valence-electron chi connectivity index (χ3n) is 7.74. The van der Waals surface area contributed by atoms with Crippen molar-refractivity contribution in [2.75, 3.05) is 13.1 Å². The molecule has 2 N–H and O–H groups in total. The number of pyridine rings is 1. The van der Waals surface area contributed by atoms with Crippen LogP contribution in [0.15, 0.2) is 16.9 Å². The van der Waals surface area contributed by atoms with Gasteiger partial charge in [0.05, 0.1) is 10.9 Å². The fourth-order valence-corrected chi connectivity index (χ4v) is 5.86. The van der Waals surface area contributed by atoms with Crippen LogP contribution >= 0.6 is 0 Å². The third kappa shape index (κ3) is 7.83. The lowest BCUT2D eigenvalue weighted by atomic mass is 10.00. The Labute approximate surface area is 261 Å². The molecule has 1 saturated carbocycles. The summed E-state index contributed by atoms with van der Waals surface area (Å²) < 4.78 is 43.0. The molecule has 1 aromatic carbocycles. The van der Waals surface area contributed by atoms with Crippen LogP contribution in [0.2, 0.25) is 0 Å². The van der Waals surface area contributed by atoms with Crippen molar-refractivity contribution in [3.63, 3.8) is 0 Å². The molecule has 246 valence electrons. The summed E-state index contributed by atoms with van der Waals surface area (Å²) in [4.78, 5) is 52.3. The van der Waals surface area contributed by atoms with Gasteiger partial charge in [-0.2, -0.15) is 0 Å². The van der Waals surface area contributed by atoms with Crippen molar-refractivity contribution in [2.45, 2.75) is 104 Å². The van der Waals surface area contributed by atoms with Gasteiger partial charge in [-0.1, -0.05) is 19.1 Å². The molecule has 12 heteroatoms. The Morgan fingerprint density at radius 3 is 2.29 bits per heavy atom. The number of likely N-dealkylation sites (tertiary alicyclic amines) is 1. The summed E-state index contributed by atoms with van der Waals surface area (Å²) in [7, 11) is 0. The van der Waals surface area contributed by atoms with Crippen LogP contribution in [0.5, 0.6) is 0 Å². The predicted octanol–water partition coefficient (Wildman–Crippen LogP) is 6.43. The minimum absolute atomic E-state index is 0.114. The van der Waals surface area contributed by atoms with E-state index in [0.29, 0.717) is 13.0 Å². The van der Waals surface area contributed by atoms with Crippen molar-refractivity contribution in [2.24, 2.45) is 5.92 Å². The van der Waals surface area contributed by atoms with Crippen molar-refractivity contribution >= 4 is 35.1 Å². The van der Waals surface area contributed by atoms with E-state index in [0.717, 1.165) is 18.9 Å². The fourth-order valence-electron chi connectivity index (χ4n) is 5.86. The van der Waals surface area contributed by atoms with E-state index in [1.165, 1.54) is 6.08 Å². The van der Waals surface area contributed by atoms with Crippen molar-refractivity contribution < 1.29 is 37.7 Å².